The number of benzene rings is 11. The molecule has 14 rings (SSSR count). The van der Waals surface area contributed by atoms with Crippen LogP contribution in [0.3, 0.4) is 0 Å². The van der Waals surface area contributed by atoms with Gasteiger partial charge in [-0.25, -0.2) is 0 Å². The fourth-order valence-corrected chi connectivity index (χ4v) is 14.6. The van der Waals surface area contributed by atoms with E-state index in [1.807, 2.05) is 0 Å². The monoisotopic (exact) mass is 1170 g/mol. The Morgan fingerprint density at radius 2 is 0.744 bits per heavy atom. The molecule has 1 atom stereocenters. The maximum absolute atomic E-state index is 7.72. The minimum absolute atomic E-state index is 0.0170. The predicted octanol–water partition coefficient (Wildman–Crippen LogP) is 24.2. The Labute approximate surface area is 533 Å². The molecule has 4 heteroatoms. The van der Waals surface area contributed by atoms with Crippen molar-refractivity contribution >= 4 is 56.1 Å². The van der Waals surface area contributed by atoms with Crippen LogP contribution in [0.15, 0.2) is 247 Å². The first-order valence-electron chi connectivity index (χ1n) is 32.1. The minimum atomic E-state index is -0.974. The zero-order valence-electron chi connectivity index (χ0n) is 54.8. The number of fused-ring (bicyclic) bond motifs is 11. The summed E-state index contributed by atoms with van der Waals surface area (Å²) >= 11 is 0. The fourth-order valence-electron chi connectivity index (χ4n) is 14.6. The molecule has 1 aromatic heterocycles. The smallest absolute Gasteiger partial charge is 0.145 e. The highest BCUT2D eigenvalue weighted by Crippen LogP contribution is 2.68. The van der Waals surface area contributed by atoms with E-state index in [0.29, 0.717) is 0 Å². The molecule has 0 bridgehead atoms. The molecular formula is C86H82N2O2. The van der Waals surface area contributed by atoms with E-state index < -0.39 is 10.8 Å². The van der Waals surface area contributed by atoms with E-state index in [-0.39, 0.29) is 21.7 Å². The number of ether oxygens (including phenoxy) is 1. The molecule has 0 saturated heterocycles. The van der Waals surface area contributed by atoms with E-state index in [0.717, 1.165) is 89.8 Å². The summed E-state index contributed by atoms with van der Waals surface area (Å²) in [6.07, 6.45) is 0. The molecule has 0 radical (unpaired) electrons. The van der Waals surface area contributed by atoms with Crippen LogP contribution in [-0.4, -0.2) is 0 Å². The molecule has 90 heavy (non-hydrogen) atoms. The highest BCUT2D eigenvalue weighted by Gasteiger charge is 2.53. The van der Waals surface area contributed by atoms with Crippen molar-refractivity contribution in [2.45, 2.75) is 129 Å². The second-order valence-electron chi connectivity index (χ2n) is 29.8. The van der Waals surface area contributed by atoms with Crippen LogP contribution in [0, 0.1) is 0 Å². The third-order valence-electron chi connectivity index (χ3n) is 19.4. The van der Waals surface area contributed by atoms with Gasteiger partial charge in [0.1, 0.15) is 22.7 Å². The largest absolute Gasteiger partial charge is 0.457 e. The average molecular weight is 1180 g/mol. The van der Waals surface area contributed by atoms with E-state index in [4.69, 9.17) is 9.15 Å². The molecule has 448 valence electrons. The van der Waals surface area contributed by atoms with Crippen LogP contribution in [0.2, 0.25) is 0 Å². The summed E-state index contributed by atoms with van der Waals surface area (Å²) in [5.41, 5.74) is 23.6. The Morgan fingerprint density at radius 1 is 0.356 bits per heavy atom. The van der Waals surface area contributed by atoms with Crippen LogP contribution in [-0.2, 0) is 32.5 Å². The van der Waals surface area contributed by atoms with Crippen LogP contribution in [0.1, 0.15) is 153 Å². The Balaban J connectivity index is 1.17. The second kappa shape index (κ2) is 21.1. The van der Waals surface area contributed by atoms with Gasteiger partial charge in [0.05, 0.1) is 22.2 Å². The Kier molecular flexibility index (Phi) is 13.7. The first-order chi connectivity index (χ1) is 42.9. The summed E-state index contributed by atoms with van der Waals surface area (Å²) < 4.78 is 14.6. The molecular weight excluding hydrogens is 1090 g/mol. The molecule has 11 aromatic carbocycles. The number of anilines is 6. The van der Waals surface area contributed by atoms with Gasteiger partial charge in [-0.15, -0.1) is 0 Å². The predicted molar refractivity (Wildman–Crippen MR) is 379 cm³/mol. The van der Waals surface area contributed by atoms with Crippen molar-refractivity contribution in [1.29, 1.82) is 0 Å². The van der Waals surface area contributed by atoms with Crippen molar-refractivity contribution in [3.63, 3.8) is 0 Å². The summed E-state index contributed by atoms with van der Waals surface area (Å²) in [6.45, 7) is 32.3. The second-order valence-corrected chi connectivity index (χ2v) is 29.8. The molecule has 0 amide bonds. The number of hydrogen-bond donors (Lipinski definition) is 0. The van der Waals surface area contributed by atoms with Gasteiger partial charge in [0.2, 0.25) is 0 Å². The first-order valence-corrected chi connectivity index (χ1v) is 32.1. The summed E-state index contributed by atoms with van der Waals surface area (Å²) in [5, 5.41) is 2.12. The number of hydrogen-bond acceptors (Lipinski definition) is 4. The lowest BCUT2D eigenvalue weighted by Crippen LogP contribution is -2.30. The number of rotatable bonds is 10. The van der Waals surface area contributed by atoms with Gasteiger partial charge in [-0.2, -0.15) is 0 Å². The van der Waals surface area contributed by atoms with E-state index in [9.17, 15) is 0 Å². The van der Waals surface area contributed by atoms with Crippen molar-refractivity contribution in [2.24, 2.45) is 0 Å². The van der Waals surface area contributed by atoms with Gasteiger partial charge in [-0.3, -0.25) is 0 Å². The standard InChI is InChI=1S/C86H82N2O2/c1-81(2,3)55-33-35-59(36-34-55)86(60-43-51-66(52-44-60)89-65-49-41-58(42-50-65)84(10,11)12)70-54-73(88(62-27-19-16-20-28-62)64-47-39-57(40-48-64)83(7,8)9)79-76(67-29-21-23-31-69(67)85(79,13)14)77(70)78-71(86)53-72(75-68-30-22-24-32-74(68)90-80(75)78)87(61-25-17-15-18-26-61)63-45-37-56(38-46-63)82(4,5)6/h15-54H,1-14H3. The Bertz CT molecular complexity index is 4680. The molecule has 0 spiro atoms. The van der Waals surface area contributed by atoms with Gasteiger partial charge in [0, 0.05) is 39.1 Å². The van der Waals surface area contributed by atoms with E-state index in [2.05, 4.69) is 349 Å². The lowest BCUT2D eigenvalue weighted by Gasteiger charge is -2.38. The van der Waals surface area contributed by atoms with Crippen molar-refractivity contribution < 1.29 is 9.15 Å². The number of nitrogens with zero attached hydrogens (tertiary/aromatic N) is 2. The summed E-state index contributed by atoms with van der Waals surface area (Å²) in [7, 11) is 0. The highest BCUT2D eigenvalue weighted by molar-refractivity contribution is 6.21. The van der Waals surface area contributed by atoms with Crippen LogP contribution in [0.4, 0.5) is 34.1 Å². The number of furan rings is 1. The molecule has 2 aliphatic rings. The topological polar surface area (TPSA) is 28.9 Å². The molecule has 0 fully saturated rings. The molecule has 1 unspecified atom stereocenters. The number of para-hydroxylation sites is 3. The zero-order valence-corrected chi connectivity index (χ0v) is 54.8. The highest BCUT2D eigenvalue weighted by atomic mass is 16.5. The van der Waals surface area contributed by atoms with Crippen molar-refractivity contribution in [3.8, 4) is 33.8 Å². The summed E-state index contributed by atoms with van der Waals surface area (Å²) in [6, 6.07) is 90.7. The van der Waals surface area contributed by atoms with Gasteiger partial charge in [0.15, 0.2) is 0 Å². The van der Waals surface area contributed by atoms with Crippen LogP contribution < -0.4 is 14.5 Å². The maximum atomic E-state index is 7.72. The third-order valence-corrected chi connectivity index (χ3v) is 19.4. The molecule has 2 aliphatic carbocycles. The summed E-state index contributed by atoms with van der Waals surface area (Å²) in [4.78, 5) is 5.01. The SMILES string of the molecule is CC(C)(C)c1ccc(Oc2ccc(C3(c4ccc(C(C)(C)C)cc4)c4cc(N(c5ccccc5)c5ccc(C(C)(C)C)cc5)c5c(c4-c4c3cc(N(c3ccccc3)c3ccc(C(C)(C)C)cc3)c3c4oc4ccccc43)-c3ccccc3C5(C)C)cc2)cc1. The van der Waals surface area contributed by atoms with Crippen LogP contribution >= 0.6 is 0 Å². The van der Waals surface area contributed by atoms with Gasteiger partial charge in [0.25, 0.3) is 0 Å². The first kappa shape index (κ1) is 58.3. The average Bonchev–Trinajstić information content (AvgIpc) is 1.39. The fraction of sp³-hybridized carbons (Fsp3) is 0.233. The van der Waals surface area contributed by atoms with Gasteiger partial charge < -0.3 is 19.0 Å². The van der Waals surface area contributed by atoms with E-state index in [1.54, 1.807) is 0 Å². The van der Waals surface area contributed by atoms with Crippen LogP contribution in [0.5, 0.6) is 11.5 Å². The molecule has 0 aliphatic heterocycles. The third kappa shape index (κ3) is 9.56. The molecule has 1 heterocycles. The van der Waals surface area contributed by atoms with Crippen LogP contribution in [0.25, 0.3) is 44.2 Å². The van der Waals surface area contributed by atoms with E-state index >= 15 is 0 Å². The normalized spacial score (nSPS) is 15.1. The molecule has 4 nitrogen and oxygen atoms in total. The Hall–Kier alpha value is -9.38. The summed E-state index contributed by atoms with van der Waals surface area (Å²) in [5.74, 6) is 1.56. The van der Waals surface area contributed by atoms with Crippen molar-refractivity contribution in [2.75, 3.05) is 9.80 Å². The van der Waals surface area contributed by atoms with Gasteiger partial charge >= 0.3 is 0 Å². The van der Waals surface area contributed by atoms with Crippen molar-refractivity contribution in [3.05, 3.63) is 298 Å². The lowest BCUT2D eigenvalue weighted by molar-refractivity contribution is 0.481. The van der Waals surface area contributed by atoms with E-state index in [1.165, 1.54) is 55.6 Å². The molecule has 0 N–H and O–H groups in total. The van der Waals surface area contributed by atoms with Crippen molar-refractivity contribution in [1.82, 2.24) is 0 Å². The molecule has 0 saturated carbocycles. The molecule has 12 aromatic rings. The van der Waals surface area contributed by atoms with Gasteiger partial charge in [-0.05, 0) is 185 Å². The lowest BCUT2D eigenvalue weighted by atomic mass is 9.66. The van der Waals surface area contributed by atoms with Gasteiger partial charge in [-0.1, -0.05) is 249 Å². The Morgan fingerprint density at radius 3 is 1.26 bits per heavy atom. The quantitative estimate of drug-likeness (QED) is 0.136. The maximum Gasteiger partial charge on any atom is 0.145 e. The minimum Gasteiger partial charge on any atom is -0.457 e. The zero-order chi connectivity index (χ0) is 62.9.